The topological polar surface area (TPSA) is 92.7 Å². The molecule has 1 aromatic rings. The Bertz CT molecular complexity index is 331. The fraction of sp³-hybridized carbons (Fsp3) is 0.500. The second-order valence-electron chi connectivity index (χ2n) is 4.41. The van der Waals surface area contributed by atoms with Gasteiger partial charge in [-0.15, -0.1) is 0 Å². The number of aromatic carboxylic acids is 1. The summed E-state index contributed by atoms with van der Waals surface area (Å²) in [6, 6.07) is 3.94. The van der Waals surface area contributed by atoms with E-state index < -0.39 is 5.97 Å². The fourth-order valence-electron chi connectivity index (χ4n) is 0.896. The lowest BCUT2D eigenvalue weighted by molar-refractivity contribution is -0.407. The van der Waals surface area contributed by atoms with Crippen molar-refractivity contribution in [1.82, 2.24) is 4.98 Å². The van der Waals surface area contributed by atoms with E-state index in [1.54, 1.807) is 6.07 Å². The Morgan fingerprint density at radius 2 is 1.88 bits per heavy atom. The molecule has 0 bridgehead atoms. The largest absolute Gasteiger partial charge is 0.545 e. The van der Waals surface area contributed by atoms with Crippen LogP contribution in [0.4, 0.5) is 5.82 Å². The lowest BCUT2D eigenvalue weighted by atomic mass is 10.3. The molecule has 0 radical (unpaired) electrons. The first-order valence-corrected chi connectivity index (χ1v) is 5.60. The molecular weight excluding hydrogens is 218 g/mol. The molecule has 0 spiro atoms. The number of carbonyl (C=O) groups excluding carboxylic acids is 1. The number of carboxylic acid groups (broad SMARTS) is 1. The summed E-state index contributed by atoms with van der Waals surface area (Å²) >= 11 is 0. The van der Waals surface area contributed by atoms with Crippen LogP contribution in [0, 0.1) is 0 Å². The van der Waals surface area contributed by atoms with Crippen LogP contribution in [0.1, 0.15) is 38.1 Å². The minimum atomic E-state index is -1.21. The van der Waals surface area contributed by atoms with E-state index in [0.29, 0.717) is 11.9 Å². The zero-order valence-electron chi connectivity index (χ0n) is 10.9. The molecule has 0 fully saturated rings. The molecular formula is C12H21N3O2. The Hall–Kier alpha value is -1.62. The quantitative estimate of drug-likeness (QED) is 0.770. The fourth-order valence-corrected chi connectivity index (χ4v) is 0.896. The second-order valence-corrected chi connectivity index (χ2v) is 4.41. The number of pyridine rings is 1. The van der Waals surface area contributed by atoms with Gasteiger partial charge in [-0.2, -0.15) is 0 Å². The molecule has 0 atom stereocenters. The number of carboxylic acids is 1. The smallest absolute Gasteiger partial charge is 0.126 e. The average Bonchev–Trinajstić information content (AvgIpc) is 2.16. The minimum Gasteiger partial charge on any atom is -0.545 e. The van der Waals surface area contributed by atoms with Gasteiger partial charge in [0.2, 0.25) is 0 Å². The average molecular weight is 239 g/mol. The maximum absolute atomic E-state index is 10.4. The van der Waals surface area contributed by atoms with Crippen molar-refractivity contribution in [3.8, 4) is 0 Å². The number of quaternary nitrogens is 1. The van der Waals surface area contributed by atoms with E-state index in [1.807, 2.05) is 13.8 Å². The van der Waals surface area contributed by atoms with Gasteiger partial charge >= 0.3 is 0 Å². The molecule has 0 amide bonds. The molecule has 4 N–H and O–H groups in total. The molecule has 1 heterocycles. The number of rotatable bonds is 3. The van der Waals surface area contributed by atoms with Crippen molar-refractivity contribution in [2.45, 2.75) is 39.8 Å². The first-order chi connectivity index (χ1) is 7.82. The molecule has 5 nitrogen and oxygen atoms in total. The molecule has 0 aliphatic carbocycles. The number of hydrogen-bond donors (Lipinski definition) is 2. The first-order valence-electron chi connectivity index (χ1n) is 5.60. The highest BCUT2D eigenvalue weighted by atomic mass is 16.4. The van der Waals surface area contributed by atoms with Crippen molar-refractivity contribution in [2.24, 2.45) is 0 Å². The number of nitrogens with zero attached hydrogens (tertiary/aromatic N) is 1. The van der Waals surface area contributed by atoms with Crippen LogP contribution >= 0.6 is 0 Å². The molecule has 0 aliphatic rings. The molecule has 0 unspecified atom stereocenters. The van der Waals surface area contributed by atoms with Crippen LogP contribution in [0.5, 0.6) is 0 Å². The molecule has 96 valence electrons. The van der Waals surface area contributed by atoms with E-state index in [4.69, 9.17) is 0 Å². The third-order valence-corrected chi connectivity index (χ3v) is 1.44. The summed E-state index contributed by atoms with van der Waals surface area (Å²) in [6.45, 7) is 8.07. The first kappa shape index (κ1) is 15.4. The van der Waals surface area contributed by atoms with Crippen LogP contribution in [0.15, 0.2) is 18.3 Å². The molecule has 17 heavy (non-hydrogen) atoms. The van der Waals surface area contributed by atoms with E-state index in [1.165, 1.54) is 12.3 Å². The summed E-state index contributed by atoms with van der Waals surface area (Å²) in [5, 5.41) is 13.4. The van der Waals surface area contributed by atoms with E-state index in [9.17, 15) is 9.90 Å². The normalized spacial score (nSPS) is 9.82. The Morgan fingerprint density at radius 1 is 1.35 bits per heavy atom. The van der Waals surface area contributed by atoms with Crippen LogP contribution in [0.3, 0.4) is 0 Å². The van der Waals surface area contributed by atoms with Gasteiger partial charge in [0.05, 0.1) is 12.0 Å². The SMILES string of the molecule is CC(C)Nc1ccc(C(=O)[O-])cn1.CC(C)[NH3+]. The van der Waals surface area contributed by atoms with Crippen molar-refractivity contribution in [1.29, 1.82) is 0 Å². The van der Waals surface area contributed by atoms with Gasteiger partial charge in [0, 0.05) is 17.8 Å². The number of carbonyl (C=O) groups is 1. The van der Waals surface area contributed by atoms with E-state index >= 15 is 0 Å². The van der Waals surface area contributed by atoms with Crippen LogP contribution in [-0.2, 0) is 0 Å². The Kier molecular flexibility index (Phi) is 6.89. The van der Waals surface area contributed by atoms with Crippen molar-refractivity contribution in [2.75, 3.05) is 5.32 Å². The molecule has 0 saturated carbocycles. The number of hydrogen-bond acceptors (Lipinski definition) is 4. The van der Waals surface area contributed by atoms with Gasteiger partial charge < -0.3 is 21.0 Å². The van der Waals surface area contributed by atoms with Crippen molar-refractivity contribution in [3.63, 3.8) is 0 Å². The molecule has 5 heteroatoms. The van der Waals surface area contributed by atoms with Crippen molar-refractivity contribution >= 4 is 11.8 Å². The number of anilines is 1. The Labute approximate surface area is 102 Å². The van der Waals surface area contributed by atoms with Gasteiger partial charge in [0.25, 0.3) is 0 Å². The summed E-state index contributed by atoms with van der Waals surface area (Å²) in [6.07, 6.45) is 1.28. The lowest BCUT2D eigenvalue weighted by Crippen LogP contribution is -2.57. The molecule has 0 aliphatic heterocycles. The van der Waals surface area contributed by atoms with Gasteiger partial charge in [-0.05, 0) is 39.8 Å². The number of aromatic nitrogens is 1. The zero-order chi connectivity index (χ0) is 13.4. The molecule has 0 aromatic carbocycles. The van der Waals surface area contributed by atoms with Crippen LogP contribution in [0.25, 0.3) is 0 Å². The van der Waals surface area contributed by atoms with Crippen LogP contribution < -0.4 is 16.2 Å². The lowest BCUT2D eigenvalue weighted by Gasteiger charge is -2.09. The van der Waals surface area contributed by atoms with Gasteiger partial charge in [0.1, 0.15) is 5.82 Å². The number of nitrogens with one attached hydrogen (secondary N) is 1. The maximum Gasteiger partial charge on any atom is 0.126 e. The standard InChI is InChI=1S/C9H12N2O2.C3H9N/c1-6(2)11-8-4-3-7(5-10-8)9(12)13;1-3(2)4/h3-6H,1-2H3,(H,10,11)(H,12,13);3H,4H2,1-2H3. The third kappa shape index (κ3) is 8.21. The Morgan fingerprint density at radius 3 is 2.18 bits per heavy atom. The monoisotopic (exact) mass is 239 g/mol. The third-order valence-electron chi connectivity index (χ3n) is 1.44. The highest BCUT2D eigenvalue weighted by Crippen LogP contribution is 2.05. The van der Waals surface area contributed by atoms with Gasteiger partial charge in [0.15, 0.2) is 0 Å². The summed E-state index contributed by atoms with van der Waals surface area (Å²) < 4.78 is 0. The van der Waals surface area contributed by atoms with Gasteiger partial charge in [-0.3, -0.25) is 0 Å². The summed E-state index contributed by atoms with van der Waals surface area (Å²) in [5.74, 6) is -0.538. The van der Waals surface area contributed by atoms with Gasteiger partial charge in [-0.1, -0.05) is 0 Å². The molecule has 1 rings (SSSR count). The van der Waals surface area contributed by atoms with Crippen molar-refractivity contribution < 1.29 is 15.6 Å². The summed E-state index contributed by atoms with van der Waals surface area (Å²) in [5.41, 5.74) is 3.73. The van der Waals surface area contributed by atoms with Crippen molar-refractivity contribution in [3.05, 3.63) is 23.9 Å². The zero-order valence-corrected chi connectivity index (χ0v) is 10.9. The molecule has 1 aromatic heterocycles. The van der Waals surface area contributed by atoms with Crippen LogP contribution in [0.2, 0.25) is 0 Å². The second kappa shape index (κ2) is 7.62. The maximum atomic E-state index is 10.4. The van der Waals surface area contributed by atoms with Crippen LogP contribution in [-0.4, -0.2) is 23.0 Å². The Balaban J connectivity index is 0.000000557. The van der Waals surface area contributed by atoms with Gasteiger partial charge in [-0.25, -0.2) is 4.98 Å². The predicted molar refractivity (Wildman–Crippen MR) is 65.4 cm³/mol. The van der Waals surface area contributed by atoms with E-state index in [2.05, 4.69) is 29.9 Å². The predicted octanol–water partition coefficient (Wildman–Crippen LogP) is -0.0979. The minimum absolute atomic E-state index is 0.0920. The van der Waals surface area contributed by atoms with E-state index in [-0.39, 0.29) is 11.6 Å². The summed E-state index contributed by atoms with van der Waals surface area (Å²) in [4.78, 5) is 14.3. The highest BCUT2D eigenvalue weighted by Gasteiger charge is 1.97. The molecule has 0 saturated heterocycles. The highest BCUT2D eigenvalue weighted by molar-refractivity contribution is 5.85. The van der Waals surface area contributed by atoms with E-state index in [0.717, 1.165) is 0 Å². The summed E-state index contributed by atoms with van der Waals surface area (Å²) in [7, 11) is 0.